The first-order valence-corrected chi connectivity index (χ1v) is 9.15. The molecule has 1 aliphatic rings. The highest BCUT2D eigenvalue weighted by Crippen LogP contribution is 2.38. The summed E-state index contributed by atoms with van der Waals surface area (Å²) in [4.78, 5) is 16.9. The number of nitrogens with zero attached hydrogens (tertiary/aromatic N) is 4. The fraction of sp³-hybridized carbons (Fsp3) is 0.400. The maximum Gasteiger partial charge on any atom is 0.232 e. The smallest absolute Gasteiger partial charge is 0.232 e. The lowest BCUT2D eigenvalue weighted by atomic mass is 9.94. The predicted molar refractivity (Wildman–Crippen MR) is 98.5 cm³/mol. The summed E-state index contributed by atoms with van der Waals surface area (Å²) in [6, 6.07) is 7.90. The van der Waals surface area contributed by atoms with Crippen molar-refractivity contribution in [2.45, 2.75) is 38.0 Å². The zero-order valence-corrected chi connectivity index (χ0v) is 15.4. The number of carbonyl (C=O) groups excluding carboxylic acids is 1. The van der Waals surface area contributed by atoms with Gasteiger partial charge in [-0.25, -0.2) is 0 Å². The second-order valence-electron chi connectivity index (χ2n) is 7.16. The van der Waals surface area contributed by atoms with Crippen LogP contribution in [0.2, 0.25) is 0 Å². The van der Waals surface area contributed by atoms with E-state index in [1.165, 1.54) is 11.1 Å². The van der Waals surface area contributed by atoms with E-state index in [-0.39, 0.29) is 24.2 Å². The van der Waals surface area contributed by atoms with E-state index in [0.29, 0.717) is 23.8 Å². The van der Waals surface area contributed by atoms with Crippen LogP contribution in [0.3, 0.4) is 0 Å². The van der Waals surface area contributed by atoms with E-state index in [1.807, 2.05) is 13.0 Å². The van der Waals surface area contributed by atoms with Crippen LogP contribution < -0.4 is 0 Å². The minimum Gasteiger partial charge on any atom is -0.396 e. The Bertz CT molecular complexity index is 975. The van der Waals surface area contributed by atoms with Crippen molar-refractivity contribution in [3.8, 4) is 11.4 Å². The molecule has 2 aromatic heterocycles. The third-order valence-electron chi connectivity index (χ3n) is 5.28. The van der Waals surface area contributed by atoms with E-state index in [0.717, 1.165) is 18.4 Å². The lowest BCUT2D eigenvalue weighted by Gasteiger charge is -2.11. The van der Waals surface area contributed by atoms with E-state index < -0.39 is 0 Å². The van der Waals surface area contributed by atoms with Crippen LogP contribution in [0.1, 0.15) is 59.1 Å². The van der Waals surface area contributed by atoms with Crippen LogP contribution in [0.25, 0.3) is 11.4 Å². The van der Waals surface area contributed by atoms with Crippen molar-refractivity contribution < 1.29 is 14.4 Å². The summed E-state index contributed by atoms with van der Waals surface area (Å²) >= 11 is 0. The summed E-state index contributed by atoms with van der Waals surface area (Å²) in [5, 5.41) is 17.3. The Morgan fingerprint density at radius 3 is 3.00 bits per heavy atom. The number of fused-ring (bicyclic) bond motifs is 1. The number of hydrogen-bond acceptors (Lipinski definition) is 6. The minimum absolute atomic E-state index is 0.0296. The standard InChI is InChI=1S/C20H22N4O3/c1-12(11-25)20-22-19(23-27-20)15-5-6-16-13(9-15)3-4-14(16)10-18(26)17-7-8-21-24(17)2/h5-9,12,14,25H,3-4,10-11H2,1-2H3/t12-,14-/m0/s1. The quantitative estimate of drug-likeness (QED) is 0.674. The molecular weight excluding hydrogens is 344 g/mol. The topological polar surface area (TPSA) is 94.0 Å². The van der Waals surface area contributed by atoms with Crippen LogP contribution in [0, 0.1) is 0 Å². The number of ketones is 1. The van der Waals surface area contributed by atoms with Crippen molar-refractivity contribution in [1.82, 2.24) is 19.9 Å². The summed E-state index contributed by atoms with van der Waals surface area (Å²) in [7, 11) is 1.79. The Kier molecular flexibility index (Phi) is 4.61. The predicted octanol–water partition coefficient (Wildman–Crippen LogP) is 2.87. The van der Waals surface area contributed by atoms with Gasteiger partial charge in [-0.1, -0.05) is 24.2 Å². The van der Waals surface area contributed by atoms with Gasteiger partial charge in [-0.3, -0.25) is 9.48 Å². The maximum absolute atomic E-state index is 12.6. The number of aromatic nitrogens is 4. The average Bonchev–Trinajstić information content (AvgIpc) is 3.40. The number of hydrogen-bond donors (Lipinski definition) is 1. The van der Waals surface area contributed by atoms with Crippen LogP contribution in [0.15, 0.2) is 35.0 Å². The van der Waals surface area contributed by atoms with Gasteiger partial charge in [0.15, 0.2) is 5.78 Å². The number of aliphatic hydroxyl groups is 1. The molecule has 2 atom stereocenters. The Balaban J connectivity index is 1.53. The molecule has 1 aromatic carbocycles. The fourth-order valence-electron chi connectivity index (χ4n) is 3.66. The lowest BCUT2D eigenvalue weighted by molar-refractivity contribution is 0.0964. The molecule has 4 rings (SSSR count). The molecule has 0 fully saturated rings. The summed E-state index contributed by atoms with van der Waals surface area (Å²) < 4.78 is 6.87. The van der Waals surface area contributed by atoms with Crippen LogP contribution >= 0.6 is 0 Å². The van der Waals surface area contributed by atoms with Gasteiger partial charge in [0.05, 0.1) is 12.5 Å². The van der Waals surface area contributed by atoms with E-state index in [4.69, 9.17) is 4.52 Å². The number of carbonyl (C=O) groups is 1. The third kappa shape index (κ3) is 3.30. The Hall–Kier alpha value is -2.80. The molecule has 0 saturated heterocycles. The number of benzene rings is 1. The molecule has 0 saturated carbocycles. The van der Waals surface area contributed by atoms with Crippen LogP contribution in [0.4, 0.5) is 0 Å². The van der Waals surface area contributed by atoms with Gasteiger partial charge in [0.2, 0.25) is 11.7 Å². The highest BCUT2D eigenvalue weighted by atomic mass is 16.5. The van der Waals surface area contributed by atoms with Gasteiger partial charge in [0, 0.05) is 25.2 Å². The maximum atomic E-state index is 12.6. The Morgan fingerprint density at radius 1 is 1.41 bits per heavy atom. The second kappa shape index (κ2) is 7.08. The van der Waals surface area contributed by atoms with Gasteiger partial charge in [0.1, 0.15) is 5.69 Å². The molecule has 140 valence electrons. The molecule has 0 radical (unpaired) electrons. The average molecular weight is 366 g/mol. The molecule has 7 nitrogen and oxygen atoms in total. The van der Waals surface area contributed by atoms with Crippen LogP contribution in [0.5, 0.6) is 0 Å². The molecule has 7 heteroatoms. The first-order chi connectivity index (χ1) is 13.1. The molecule has 0 amide bonds. The summed E-state index contributed by atoms with van der Waals surface area (Å²) in [6.45, 7) is 1.81. The van der Waals surface area contributed by atoms with Crippen molar-refractivity contribution in [3.05, 3.63) is 53.2 Å². The largest absolute Gasteiger partial charge is 0.396 e. The highest BCUT2D eigenvalue weighted by Gasteiger charge is 2.27. The summed E-state index contributed by atoms with van der Waals surface area (Å²) in [5.74, 6) is 1.14. The van der Waals surface area contributed by atoms with Gasteiger partial charge in [0.25, 0.3) is 0 Å². The van der Waals surface area contributed by atoms with Crippen molar-refractivity contribution >= 4 is 5.78 Å². The number of aliphatic hydroxyl groups excluding tert-OH is 1. The normalized spacial score (nSPS) is 17.1. The molecule has 0 unspecified atom stereocenters. The molecular formula is C20H22N4O3. The molecule has 27 heavy (non-hydrogen) atoms. The van der Waals surface area contributed by atoms with Gasteiger partial charge in [-0.2, -0.15) is 10.1 Å². The van der Waals surface area contributed by atoms with E-state index >= 15 is 0 Å². The molecule has 1 aliphatic carbocycles. The van der Waals surface area contributed by atoms with E-state index in [1.54, 1.807) is 24.0 Å². The Morgan fingerprint density at radius 2 is 2.26 bits per heavy atom. The SMILES string of the molecule is C[C@@H](CO)c1nc(-c2ccc3c(c2)CC[C@H]3CC(=O)c2ccnn2C)no1. The molecule has 1 N–H and O–H groups in total. The fourth-order valence-corrected chi connectivity index (χ4v) is 3.66. The number of rotatable bonds is 6. The van der Waals surface area contributed by atoms with E-state index in [2.05, 4.69) is 27.4 Å². The molecule has 0 aliphatic heterocycles. The molecule has 2 heterocycles. The van der Waals surface area contributed by atoms with Crippen molar-refractivity contribution in [2.24, 2.45) is 7.05 Å². The lowest BCUT2D eigenvalue weighted by Crippen LogP contribution is -2.10. The zero-order chi connectivity index (χ0) is 19.0. The van der Waals surface area contributed by atoms with Crippen molar-refractivity contribution in [3.63, 3.8) is 0 Å². The van der Waals surface area contributed by atoms with Crippen LogP contribution in [-0.4, -0.2) is 37.4 Å². The first kappa shape index (κ1) is 17.6. The summed E-state index contributed by atoms with van der Waals surface area (Å²) in [5.41, 5.74) is 4.00. The minimum atomic E-state index is -0.178. The van der Waals surface area contributed by atoms with Crippen LogP contribution in [-0.2, 0) is 13.5 Å². The molecule has 0 spiro atoms. The van der Waals surface area contributed by atoms with E-state index in [9.17, 15) is 9.90 Å². The van der Waals surface area contributed by atoms with Crippen molar-refractivity contribution in [1.29, 1.82) is 0 Å². The highest BCUT2D eigenvalue weighted by molar-refractivity contribution is 5.95. The van der Waals surface area contributed by atoms with Gasteiger partial charge < -0.3 is 9.63 Å². The van der Waals surface area contributed by atoms with Gasteiger partial charge in [-0.05, 0) is 42.0 Å². The zero-order valence-electron chi connectivity index (χ0n) is 15.4. The summed E-state index contributed by atoms with van der Waals surface area (Å²) in [6.07, 6.45) is 4.04. The monoisotopic (exact) mass is 366 g/mol. The molecule has 3 aromatic rings. The van der Waals surface area contributed by atoms with Gasteiger partial charge in [-0.15, -0.1) is 0 Å². The molecule has 0 bridgehead atoms. The number of aryl methyl sites for hydroxylation is 2. The number of Topliss-reactive ketones (excluding diaryl/α,β-unsaturated/α-hetero) is 1. The van der Waals surface area contributed by atoms with Gasteiger partial charge >= 0.3 is 0 Å². The first-order valence-electron chi connectivity index (χ1n) is 9.15. The van der Waals surface area contributed by atoms with Crippen molar-refractivity contribution in [2.75, 3.05) is 6.61 Å². The second-order valence-corrected chi connectivity index (χ2v) is 7.16. The third-order valence-corrected chi connectivity index (χ3v) is 5.28. The Labute approximate surface area is 157 Å².